The molecule has 0 aliphatic carbocycles. The lowest BCUT2D eigenvalue weighted by atomic mass is 10.2. The Balaban J connectivity index is 1.65. The number of nitrogens with one attached hydrogen (secondary N) is 1. The summed E-state index contributed by atoms with van der Waals surface area (Å²) in [6.07, 6.45) is 0. The summed E-state index contributed by atoms with van der Waals surface area (Å²) in [5.41, 5.74) is 0.179. The first-order valence-electron chi connectivity index (χ1n) is 10.5. The van der Waals surface area contributed by atoms with Crippen molar-refractivity contribution < 1.29 is 9.13 Å². The minimum Gasteiger partial charge on any atom is -0.457 e. The van der Waals surface area contributed by atoms with Crippen LogP contribution in [0.15, 0.2) is 88.5 Å². The fourth-order valence-electron chi connectivity index (χ4n) is 3.32. The molecule has 1 aromatic heterocycles. The Morgan fingerprint density at radius 1 is 0.909 bits per heavy atom. The molecule has 0 bridgehead atoms. The van der Waals surface area contributed by atoms with E-state index in [1.165, 1.54) is 16.7 Å². The standard InChI is InChI=1S/C25H23FN4O3/c1-17(2)30-24(31)28-23(29(25(30)32)16-18-8-10-19(26)11-9-18)27-20-12-14-22(15-13-20)33-21-6-4-3-5-7-21/h3-15,17H,16H2,1-2H3,(H,27,28,31). The van der Waals surface area contributed by atoms with Crippen LogP contribution in [0.1, 0.15) is 25.5 Å². The van der Waals surface area contributed by atoms with E-state index in [9.17, 15) is 14.0 Å². The second kappa shape index (κ2) is 9.52. The number of nitrogens with zero attached hydrogens (tertiary/aromatic N) is 3. The van der Waals surface area contributed by atoms with Gasteiger partial charge in [0.05, 0.1) is 6.54 Å². The number of anilines is 2. The zero-order chi connectivity index (χ0) is 23.4. The molecule has 0 spiro atoms. The molecule has 0 saturated heterocycles. The molecule has 1 heterocycles. The Hall–Kier alpha value is -4.20. The van der Waals surface area contributed by atoms with Crippen molar-refractivity contribution in [3.05, 3.63) is 111 Å². The van der Waals surface area contributed by atoms with E-state index in [0.29, 0.717) is 22.7 Å². The van der Waals surface area contributed by atoms with Gasteiger partial charge in [-0.1, -0.05) is 30.3 Å². The molecule has 168 valence electrons. The van der Waals surface area contributed by atoms with Crippen LogP contribution in [-0.2, 0) is 6.54 Å². The molecule has 0 saturated carbocycles. The van der Waals surface area contributed by atoms with Crippen LogP contribution in [0, 0.1) is 5.82 Å². The number of aromatic nitrogens is 3. The van der Waals surface area contributed by atoms with Gasteiger partial charge in [0.2, 0.25) is 5.95 Å². The van der Waals surface area contributed by atoms with Crippen LogP contribution in [0.2, 0.25) is 0 Å². The van der Waals surface area contributed by atoms with Gasteiger partial charge in [0.1, 0.15) is 17.3 Å². The Labute approximate surface area is 189 Å². The van der Waals surface area contributed by atoms with E-state index in [-0.39, 0.29) is 24.4 Å². The van der Waals surface area contributed by atoms with Crippen LogP contribution >= 0.6 is 0 Å². The highest BCUT2D eigenvalue weighted by molar-refractivity contribution is 5.55. The molecular weight excluding hydrogens is 423 g/mol. The van der Waals surface area contributed by atoms with E-state index < -0.39 is 11.4 Å². The van der Waals surface area contributed by atoms with Crippen molar-refractivity contribution >= 4 is 11.6 Å². The van der Waals surface area contributed by atoms with Gasteiger partial charge in [0, 0.05) is 11.7 Å². The molecule has 33 heavy (non-hydrogen) atoms. The Morgan fingerprint density at radius 2 is 1.55 bits per heavy atom. The Bertz CT molecular complexity index is 1350. The predicted molar refractivity (Wildman–Crippen MR) is 125 cm³/mol. The van der Waals surface area contributed by atoms with Crippen LogP contribution in [0.5, 0.6) is 11.5 Å². The normalized spacial score (nSPS) is 10.9. The maximum atomic E-state index is 13.3. The maximum absolute atomic E-state index is 13.3. The number of hydrogen-bond donors (Lipinski definition) is 1. The molecule has 0 atom stereocenters. The summed E-state index contributed by atoms with van der Waals surface area (Å²) in [5.74, 6) is 1.08. The third-order valence-corrected chi connectivity index (χ3v) is 4.96. The molecule has 4 rings (SSSR count). The van der Waals surface area contributed by atoms with Gasteiger partial charge < -0.3 is 10.1 Å². The van der Waals surface area contributed by atoms with Crippen molar-refractivity contribution in [3.63, 3.8) is 0 Å². The minimum absolute atomic E-state index is 0.1000. The van der Waals surface area contributed by atoms with Crippen LogP contribution < -0.4 is 21.4 Å². The van der Waals surface area contributed by atoms with Gasteiger partial charge >= 0.3 is 11.4 Å². The van der Waals surface area contributed by atoms with Crippen molar-refractivity contribution in [3.8, 4) is 11.5 Å². The SMILES string of the molecule is CC(C)n1c(=O)nc(Nc2ccc(Oc3ccccc3)cc2)n(Cc2ccc(F)cc2)c1=O. The number of ether oxygens (including phenoxy) is 1. The first kappa shape index (κ1) is 22.0. The molecule has 0 amide bonds. The van der Waals surface area contributed by atoms with E-state index in [4.69, 9.17) is 4.74 Å². The average Bonchev–Trinajstić information content (AvgIpc) is 2.79. The third-order valence-electron chi connectivity index (χ3n) is 4.96. The van der Waals surface area contributed by atoms with Gasteiger partial charge in [-0.05, 0) is 67.9 Å². The van der Waals surface area contributed by atoms with Gasteiger partial charge in [0.25, 0.3) is 0 Å². The fourth-order valence-corrected chi connectivity index (χ4v) is 3.32. The molecule has 3 aromatic carbocycles. The van der Waals surface area contributed by atoms with Crippen LogP contribution in [-0.4, -0.2) is 14.1 Å². The van der Waals surface area contributed by atoms with Crippen LogP contribution in [0.25, 0.3) is 0 Å². The van der Waals surface area contributed by atoms with E-state index >= 15 is 0 Å². The second-order valence-electron chi connectivity index (χ2n) is 7.74. The van der Waals surface area contributed by atoms with Crippen molar-refractivity contribution in [1.82, 2.24) is 14.1 Å². The minimum atomic E-state index is -0.642. The number of rotatable bonds is 7. The molecule has 0 unspecified atom stereocenters. The van der Waals surface area contributed by atoms with Crippen LogP contribution in [0.3, 0.4) is 0 Å². The zero-order valence-electron chi connectivity index (χ0n) is 18.2. The Kier molecular flexibility index (Phi) is 6.35. The highest BCUT2D eigenvalue weighted by Crippen LogP contribution is 2.23. The van der Waals surface area contributed by atoms with E-state index in [0.717, 1.165) is 4.57 Å². The molecule has 0 radical (unpaired) electrons. The molecule has 7 nitrogen and oxygen atoms in total. The highest BCUT2D eigenvalue weighted by Gasteiger charge is 2.16. The van der Waals surface area contributed by atoms with Crippen LogP contribution in [0.4, 0.5) is 16.0 Å². The number of para-hydroxylation sites is 1. The first-order chi connectivity index (χ1) is 15.9. The average molecular weight is 446 g/mol. The fraction of sp³-hybridized carbons (Fsp3) is 0.160. The number of benzene rings is 3. The lowest BCUT2D eigenvalue weighted by molar-refractivity contribution is 0.482. The zero-order valence-corrected chi connectivity index (χ0v) is 18.2. The van der Waals surface area contributed by atoms with Crippen molar-refractivity contribution in [2.24, 2.45) is 0 Å². The number of halogens is 1. The largest absolute Gasteiger partial charge is 0.457 e. The smallest absolute Gasteiger partial charge is 0.355 e. The summed E-state index contributed by atoms with van der Waals surface area (Å²) >= 11 is 0. The van der Waals surface area contributed by atoms with Gasteiger partial charge in [-0.3, -0.25) is 4.57 Å². The quantitative estimate of drug-likeness (QED) is 0.445. The highest BCUT2D eigenvalue weighted by atomic mass is 19.1. The lowest BCUT2D eigenvalue weighted by Crippen LogP contribution is -2.43. The monoisotopic (exact) mass is 446 g/mol. The summed E-state index contributed by atoms with van der Waals surface area (Å²) < 4.78 is 21.6. The predicted octanol–water partition coefficient (Wildman–Crippen LogP) is 4.71. The third kappa shape index (κ3) is 5.17. The summed E-state index contributed by atoms with van der Waals surface area (Å²) in [7, 11) is 0. The van der Waals surface area contributed by atoms with Crippen molar-refractivity contribution in [2.45, 2.75) is 26.4 Å². The molecule has 0 aliphatic rings. The summed E-state index contributed by atoms with van der Waals surface area (Å²) in [5, 5.41) is 3.05. The van der Waals surface area contributed by atoms with Crippen molar-refractivity contribution in [2.75, 3.05) is 5.32 Å². The van der Waals surface area contributed by atoms with E-state index in [2.05, 4.69) is 10.3 Å². The number of hydrogen-bond acceptors (Lipinski definition) is 5. The molecule has 8 heteroatoms. The van der Waals surface area contributed by atoms with Crippen molar-refractivity contribution in [1.29, 1.82) is 0 Å². The topological polar surface area (TPSA) is 78.2 Å². The summed E-state index contributed by atoms with van der Waals surface area (Å²) in [4.78, 5) is 29.8. The first-order valence-corrected chi connectivity index (χ1v) is 10.5. The maximum Gasteiger partial charge on any atom is 0.355 e. The van der Waals surface area contributed by atoms with Gasteiger partial charge in [-0.2, -0.15) is 4.98 Å². The second-order valence-corrected chi connectivity index (χ2v) is 7.74. The van der Waals surface area contributed by atoms with E-state index in [1.807, 2.05) is 30.3 Å². The molecule has 0 aliphatic heterocycles. The molecule has 4 aromatic rings. The summed E-state index contributed by atoms with van der Waals surface area (Å²) in [6, 6.07) is 21.9. The molecule has 1 N–H and O–H groups in total. The summed E-state index contributed by atoms with van der Waals surface area (Å²) in [6.45, 7) is 3.60. The van der Waals surface area contributed by atoms with E-state index in [1.54, 1.807) is 50.2 Å². The van der Waals surface area contributed by atoms with Gasteiger partial charge in [-0.15, -0.1) is 0 Å². The lowest BCUT2D eigenvalue weighted by Gasteiger charge is -2.17. The van der Waals surface area contributed by atoms with Gasteiger partial charge in [0.15, 0.2) is 0 Å². The molecule has 0 fully saturated rings. The Morgan fingerprint density at radius 3 is 2.18 bits per heavy atom. The molecular formula is C25H23FN4O3. The van der Waals surface area contributed by atoms with Gasteiger partial charge in [-0.25, -0.2) is 18.5 Å².